The van der Waals surface area contributed by atoms with Crippen LogP contribution in [0.5, 0.6) is 0 Å². The van der Waals surface area contributed by atoms with Crippen LogP contribution in [0.25, 0.3) is 0 Å². The third kappa shape index (κ3) is 5.43. The van der Waals surface area contributed by atoms with Gasteiger partial charge in [-0.2, -0.15) is 0 Å². The van der Waals surface area contributed by atoms with Crippen LogP contribution in [-0.2, 0) is 19.1 Å². The number of carbonyl (C=O) groups is 2. The lowest BCUT2D eigenvalue weighted by molar-refractivity contribution is -0.186. The summed E-state index contributed by atoms with van der Waals surface area (Å²) in [5.41, 5.74) is 0. The highest BCUT2D eigenvalue weighted by Crippen LogP contribution is 2.37. The standard InChI is InChI=1S/C17H31N3O4/c1-3-20(4-2)11-10-18-15(21)16(22)19-12-14-13-23-17(24-14)8-6-5-7-9-17/h14H,3-13H2,1-2H3,(H,18,21)(H,19,22)/t14-/m1/s1. The molecule has 1 spiro atoms. The number of hydrogen-bond donors (Lipinski definition) is 2. The van der Waals surface area contributed by atoms with E-state index in [0.29, 0.717) is 19.7 Å². The summed E-state index contributed by atoms with van der Waals surface area (Å²) >= 11 is 0. The van der Waals surface area contributed by atoms with E-state index in [9.17, 15) is 9.59 Å². The first-order chi connectivity index (χ1) is 11.6. The van der Waals surface area contributed by atoms with Gasteiger partial charge in [-0.15, -0.1) is 0 Å². The number of nitrogens with zero attached hydrogens (tertiary/aromatic N) is 1. The van der Waals surface area contributed by atoms with Crippen molar-refractivity contribution in [1.82, 2.24) is 15.5 Å². The summed E-state index contributed by atoms with van der Waals surface area (Å²) in [6, 6.07) is 0. The molecule has 7 nitrogen and oxygen atoms in total. The third-order valence-corrected chi connectivity index (χ3v) is 4.83. The van der Waals surface area contributed by atoms with Gasteiger partial charge < -0.3 is 25.0 Å². The number of hydrogen-bond acceptors (Lipinski definition) is 5. The second kappa shape index (κ2) is 9.34. The fourth-order valence-corrected chi connectivity index (χ4v) is 3.30. The Kier molecular flexibility index (Phi) is 7.45. The molecule has 0 aromatic carbocycles. The summed E-state index contributed by atoms with van der Waals surface area (Å²) in [4.78, 5) is 25.8. The second-order valence-electron chi connectivity index (χ2n) is 6.52. The number of amides is 2. The molecular formula is C17H31N3O4. The molecule has 0 bridgehead atoms. The molecule has 1 saturated heterocycles. The lowest BCUT2D eigenvalue weighted by Gasteiger charge is -2.31. The van der Waals surface area contributed by atoms with Crippen LogP contribution in [0.1, 0.15) is 46.0 Å². The van der Waals surface area contributed by atoms with E-state index in [4.69, 9.17) is 9.47 Å². The van der Waals surface area contributed by atoms with Crippen LogP contribution in [0.3, 0.4) is 0 Å². The van der Waals surface area contributed by atoms with Crippen LogP contribution in [-0.4, -0.2) is 67.9 Å². The van der Waals surface area contributed by atoms with Gasteiger partial charge in [-0.3, -0.25) is 9.59 Å². The van der Waals surface area contributed by atoms with Crippen molar-refractivity contribution < 1.29 is 19.1 Å². The zero-order chi connectivity index (χ0) is 17.4. The molecule has 1 atom stereocenters. The maximum Gasteiger partial charge on any atom is 0.309 e. The minimum Gasteiger partial charge on any atom is -0.347 e. The van der Waals surface area contributed by atoms with Gasteiger partial charge in [0.05, 0.1) is 6.61 Å². The maximum atomic E-state index is 11.8. The van der Waals surface area contributed by atoms with Gasteiger partial charge in [-0.25, -0.2) is 0 Å². The molecule has 2 aliphatic rings. The monoisotopic (exact) mass is 341 g/mol. The van der Waals surface area contributed by atoms with Gasteiger partial charge in [0.25, 0.3) is 0 Å². The Hall–Kier alpha value is -1.18. The number of ether oxygens (including phenoxy) is 2. The minimum atomic E-state index is -0.609. The van der Waals surface area contributed by atoms with Crippen LogP contribution in [0, 0.1) is 0 Å². The minimum absolute atomic E-state index is 0.171. The summed E-state index contributed by atoms with van der Waals surface area (Å²) in [7, 11) is 0. The summed E-state index contributed by atoms with van der Waals surface area (Å²) in [5, 5.41) is 5.29. The van der Waals surface area contributed by atoms with Crippen LogP contribution in [0.4, 0.5) is 0 Å². The Bertz CT molecular complexity index is 420. The Balaban J connectivity index is 1.63. The molecule has 7 heteroatoms. The first-order valence-electron chi connectivity index (χ1n) is 9.18. The van der Waals surface area contributed by atoms with Gasteiger partial charge in [0.15, 0.2) is 5.79 Å². The molecule has 138 valence electrons. The molecule has 1 aliphatic heterocycles. The van der Waals surface area contributed by atoms with E-state index < -0.39 is 17.6 Å². The maximum absolute atomic E-state index is 11.8. The number of likely N-dealkylation sites (N-methyl/N-ethyl adjacent to an activating group) is 1. The molecule has 24 heavy (non-hydrogen) atoms. The van der Waals surface area contributed by atoms with Crippen LogP contribution >= 0.6 is 0 Å². The van der Waals surface area contributed by atoms with E-state index in [1.807, 2.05) is 0 Å². The van der Waals surface area contributed by atoms with Gasteiger partial charge >= 0.3 is 11.8 Å². The van der Waals surface area contributed by atoms with Gasteiger partial charge in [0, 0.05) is 32.5 Å². The molecule has 0 radical (unpaired) electrons. The molecule has 1 saturated carbocycles. The molecule has 2 amide bonds. The molecular weight excluding hydrogens is 310 g/mol. The van der Waals surface area contributed by atoms with Crippen molar-refractivity contribution in [3.05, 3.63) is 0 Å². The fourth-order valence-electron chi connectivity index (χ4n) is 3.30. The van der Waals surface area contributed by atoms with Gasteiger partial charge in [0.1, 0.15) is 6.10 Å². The topological polar surface area (TPSA) is 79.9 Å². The van der Waals surface area contributed by atoms with Crippen LogP contribution in [0.2, 0.25) is 0 Å². The average molecular weight is 341 g/mol. The van der Waals surface area contributed by atoms with Crippen LogP contribution < -0.4 is 10.6 Å². The highest BCUT2D eigenvalue weighted by atomic mass is 16.7. The molecule has 0 aromatic heterocycles. The smallest absolute Gasteiger partial charge is 0.309 e. The third-order valence-electron chi connectivity index (χ3n) is 4.83. The normalized spacial score (nSPS) is 22.7. The zero-order valence-corrected chi connectivity index (χ0v) is 14.9. The van der Waals surface area contributed by atoms with Crippen molar-refractivity contribution in [3.63, 3.8) is 0 Å². The van der Waals surface area contributed by atoms with Gasteiger partial charge in [-0.1, -0.05) is 20.3 Å². The number of nitrogens with one attached hydrogen (secondary N) is 2. The first-order valence-corrected chi connectivity index (χ1v) is 9.18. The van der Waals surface area contributed by atoms with Crippen LogP contribution in [0.15, 0.2) is 0 Å². The van der Waals surface area contributed by atoms with E-state index in [2.05, 4.69) is 29.4 Å². The van der Waals surface area contributed by atoms with Gasteiger partial charge in [0.2, 0.25) is 0 Å². The summed E-state index contributed by atoms with van der Waals surface area (Å²) in [6.45, 7) is 8.00. The highest BCUT2D eigenvalue weighted by molar-refractivity contribution is 6.35. The van der Waals surface area contributed by atoms with E-state index in [1.54, 1.807) is 0 Å². The molecule has 2 N–H and O–H groups in total. The van der Waals surface area contributed by atoms with Crippen molar-refractivity contribution >= 4 is 11.8 Å². The van der Waals surface area contributed by atoms with Gasteiger partial charge in [-0.05, 0) is 25.9 Å². The molecule has 2 rings (SSSR count). The van der Waals surface area contributed by atoms with Crippen molar-refractivity contribution in [1.29, 1.82) is 0 Å². The molecule has 0 unspecified atom stereocenters. The Morgan fingerprint density at radius 3 is 2.42 bits per heavy atom. The Morgan fingerprint density at radius 1 is 1.08 bits per heavy atom. The summed E-state index contributed by atoms with van der Waals surface area (Å²) in [5.74, 6) is -1.64. The predicted octanol–water partition coefficient (Wildman–Crippen LogP) is 0.636. The van der Waals surface area contributed by atoms with Crippen molar-refractivity contribution in [3.8, 4) is 0 Å². The Labute approximate surface area is 144 Å². The molecule has 1 heterocycles. The largest absolute Gasteiger partial charge is 0.347 e. The fraction of sp³-hybridized carbons (Fsp3) is 0.882. The lowest BCUT2D eigenvalue weighted by Crippen LogP contribution is -2.45. The van der Waals surface area contributed by atoms with E-state index >= 15 is 0 Å². The number of carbonyl (C=O) groups excluding carboxylic acids is 2. The highest BCUT2D eigenvalue weighted by Gasteiger charge is 2.42. The lowest BCUT2D eigenvalue weighted by atomic mass is 9.94. The van der Waals surface area contributed by atoms with Crippen molar-refractivity contribution in [2.45, 2.75) is 57.8 Å². The predicted molar refractivity (Wildman–Crippen MR) is 90.4 cm³/mol. The molecule has 0 aromatic rings. The van der Waals surface area contributed by atoms with Crippen molar-refractivity contribution in [2.24, 2.45) is 0 Å². The number of rotatable bonds is 7. The van der Waals surface area contributed by atoms with E-state index in [-0.39, 0.29) is 6.10 Å². The molecule has 2 fully saturated rings. The quantitative estimate of drug-likeness (QED) is 0.664. The summed E-state index contributed by atoms with van der Waals surface area (Å²) < 4.78 is 11.8. The zero-order valence-electron chi connectivity index (χ0n) is 14.9. The Morgan fingerprint density at radius 2 is 1.75 bits per heavy atom. The van der Waals surface area contributed by atoms with Crippen molar-refractivity contribution in [2.75, 3.05) is 39.3 Å². The SMILES string of the molecule is CCN(CC)CCNC(=O)C(=O)NC[C@@H]1COC2(CCCCC2)O1. The van der Waals surface area contributed by atoms with E-state index in [1.165, 1.54) is 6.42 Å². The average Bonchev–Trinajstić information content (AvgIpc) is 2.99. The van der Waals surface area contributed by atoms with E-state index in [0.717, 1.165) is 45.3 Å². The second-order valence-corrected chi connectivity index (χ2v) is 6.52. The first kappa shape index (κ1) is 19.1. The summed E-state index contributed by atoms with van der Waals surface area (Å²) in [6.07, 6.45) is 5.13. The molecule has 1 aliphatic carbocycles.